The lowest BCUT2D eigenvalue weighted by Crippen LogP contribution is -2.25. The zero-order valence-corrected chi connectivity index (χ0v) is 9.08. The highest BCUT2D eigenvalue weighted by molar-refractivity contribution is 5.80. The predicted octanol–water partition coefficient (Wildman–Crippen LogP) is 0.0239. The molecule has 0 atom stereocenters. The molecule has 15 heavy (non-hydrogen) atoms. The maximum absolute atomic E-state index is 11.0. The molecule has 1 amide bonds. The molecule has 0 spiro atoms. The van der Waals surface area contributed by atoms with Crippen LogP contribution >= 0.6 is 0 Å². The van der Waals surface area contributed by atoms with Crippen LogP contribution in [0.25, 0.3) is 0 Å². The number of carbonyl (C=O) groups is 2. The molecule has 0 aliphatic carbocycles. The molecule has 6 heteroatoms. The smallest absolute Gasteiger partial charge is 0.306 e. The van der Waals surface area contributed by atoms with Crippen molar-refractivity contribution < 1.29 is 23.9 Å². The zero-order valence-electron chi connectivity index (χ0n) is 9.08. The number of nitrogens with one attached hydrogen (secondary N) is 1. The summed E-state index contributed by atoms with van der Waals surface area (Å²) in [5, 5.41) is 0. The van der Waals surface area contributed by atoms with E-state index < -0.39 is 0 Å². The van der Waals surface area contributed by atoms with E-state index in [4.69, 9.17) is 9.57 Å². The first-order valence-electron chi connectivity index (χ1n) is 4.75. The second-order valence-electron chi connectivity index (χ2n) is 2.67. The fourth-order valence-corrected chi connectivity index (χ4v) is 0.756. The number of ether oxygens (including phenoxy) is 2. The molecule has 88 valence electrons. The maximum atomic E-state index is 11.0. The van der Waals surface area contributed by atoms with Crippen molar-refractivity contribution in [2.45, 2.75) is 19.8 Å². The van der Waals surface area contributed by atoms with Crippen LogP contribution in [0.15, 0.2) is 0 Å². The number of carbonyl (C=O) groups excluding carboxylic acids is 2. The van der Waals surface area contributed by atoms with Crippen LogP contribution in [-0.2, 0) is 23.9 Å². The van der Waals surface area contributed by atoms with Crippen molar-refractivity contribution >= 4 is 11.9 Å². The average Bonchev–Trinajstić information content (AvgIpc) is 2.22. The van der Waals surface area contributed by atoms with E-state index in [0.717, 1.165) is 0 Å². The summed E-state index contributed by atoms with van der Waals surface area (Å²) in [5.74, 6) is -0.733. The third kappa shape index (κ3) is 9.17. The van der Waals surface area contributed by atoms with Crippen LogP contribution < -0.4 is 5.48 Å². The molecule has 6 nitrogen and oxygen atoms in total. The second kappa shape index (κ2) is 9.42. The van der Waals surface area contributed by atoms with Crippen LogP contribution in [0, 0.1) is 0 Å². The highest BCUT2D eigenvalue weighted by atomic mass is 16.7. The molecule has 0 aliphatic rings. The van der Waals surface area contributed by atoms with Crippen molar-refractivity contribution in [1.82, 2.24) is 5.48 Å². The summed E-state index contributed by atoms with van der Waals surface area (Å²) >= 11 is 0. The van der Waals surface area contributed by atoms with Gasteiger partial charge in [0.25, 0.3) is 0 Å². The van der Waals surface area contributed by atoms with E-state index in [9.17, 15) is 9.59 Å². The molecule has 0 fully saturated rings. The Balaban J connectivity index is 3.36. The number of hydrogen-bond acceptors (Lipinski definition) is 5. The number of methoxy groups -OCH3 is 1. The van der Waals surface area contributed by atoms with E-state index >= 15 is 0 Å². The molecule has 0 aliphatic heterocycles. The topological polar surface area (TPSA) is 73.9 Å². The van der Waals surface area contributed by atoms with E-state index in [1.54, 1.807) is 6.92 Å². The van der Waals surface area contributed by atoms with Gasteiger partial charge in [0.2, 0.25) is 5.91 Å². The van der Waals surface area contributed by atoms with E-state index in [2.05, 4.69) is 10.2 Å². The SMILES string of the molecule is CCOC(=O)CCC(=O)NOCCOC. The zero-order chi connectivity index (χ0) is 11.5. The molecule has 0 aromatic rings. The van der Waals surface area contributed by atoms with Gasteiger partial charge in [-0.2, -0.15) is 0 Å². The van der Waals surface area contributed by atoms with Crippen LogP contribution in [0.4, 0.5) is 0 Å². The Labute approximate surface area is 88.8 Å². The summed E-state index contributed by atoms with van der Waals surface area (Å²) in [6.07, 6.45) is 0.124. The molecule has 1 N–H and O–H groups in total. The standard InChI is InChI=1S/C9H17NO5/c1-3-14-9(12)5-4-8(11)10-15-7-6-13-2/h3-7H2,1-2H3,(H,10,11). The minimum atomic E-state index is -0.385. The third-order valence-corrected chi connectivity index (χ3v) is 1.44. The molecule has 0 rings (SSSR count). The summed E-state index contributed by atoms with van der Waals surface area (Å²) < 4.78 is 9.36. The molecule has 0 unspecified atom stereocenters. The second-order valence-corrected chi connectivity index (χ2v) is 2.67. The van der Waals surface area contributed by atoms with Crippen molar-refractivity contribution in [3.8, 4) is 0 Å². The van der Waals surface area contributed by atoms with Crippen LogP contribution in [0.3, 0.4) is 0 Å². The van der Waals surface area contributed by atoms with Crippen molar-refractivity contribution in [3.63, 3.8) is 0 Å². The number of rotatable bonds is 8. The number of hydroxylamine groups is 1. The molecule has 0 radical (unpaired) electrons. The number of amides is 1. The maximum Gasteiger partial charge on any atom is 0.306 e. The largest absolute Gasteiger partial charge is 0.466 e. The van der Waals surface area contributed by atoms with Gasteiger partial charge in [-0.25, -0.2) is 5.48 Å². The van der Waals surface area contributed by atoms with E-state index in [0.29, 0.717) is 13.2 Å². The summed E-state index contributed by atoms with van der Waals surface area (Å²) in [7, 11) is 1.53. The van der Waals surface area contributed by atoms with E-state index in [1.165, 1.54) is 7.11 Å². The predicted molar refractivity (Wildman–Crippen MR) is 51.8 cm³/mol. The number of esters is 1. The summed E-state index contributed by atoms with van der Waals surface area (Å²) in [5.41, 5.74) is 2.19. The minimum Gasteiger partial charge on any atom is -0.466 e. The Morgan fingerprint density at radius 3 is 2.53 bits per heavy atom. The van der Waals surface area contributed by atoms with Crippen LogP contribution in [0.2, 0.25) is 0 Å². The normalized spacial score (nSPS) is 9.73. The van der Waals surface area contributed by atoms with E-state index in [-0.39, 0.29) is 31.3 Å². The molecule has 0 saturated carbocycles. The Hall–Kier alpha value is -1.14. The van der Waals surface area contributed by atoms with Gasteiger partial charge in [0.1, 0.15) is 0 Å². The molecular weight excluding hydrogens is 202 g/mol. The van der Waals surface area contributed by atoms with Gasteiger partial charge in [-0.15, -0.1) is 0 Å². The van der Waals surface area contributed by atoms with Crippen LogP contribution in [0.1, 0.15) is 19.8 Å². The van der Waals surface area contributed by atoms with Crippen LogP contribution in [0.5, 0.6) is 0 Å². The quantitative estimate of drug-likeness (QED) is 0.354. The lowest BCUT2D eigenvalue weighted by molar-refractivity contribution is -0.146. The van der Waals surface area contributed by atoms with Gasteiger partial charge in [-0.3, -0.25) is 14.4 Å². The first kappa shape index (κ1) is 13.9. The van der Waals surface area contributed by atoms with Crippen molar-refractivity contribution in [3.05, 3.63) is 0 Å². The highest BCUT2D eigenvalue weighted by Crippen LogP contribution is 1.92. The van der Waals surface area contributed by atoms with Gasteiger partial charge in [-0.05, 0) is 6.92 Å². The molecule has 0 aromatic carbocycles. The lowest BCUT2D eigenvalue weighted by Gasteiger charge is -2.04. The first-order valence-corrected chi connectivity index (χ1v) is 4.75. The summed E-state index contributed by atoms with van der Waals surface area (Å²) in [6, 6.07) is 0. The van der Waals surface area contributed by atoms with Gasteiger partial charge in [-0.1, -0.05) is 0 Å². The fourth-order valence-electron chi connectivity index (χ4n) is 0.756. The van der Waals surface area contributed by atoms with Gasteiger partial charge in [0.05, 0.1) is 26.2 Å². The molecule has 0 aromatic heterocycles. The Morgan fingerprint density at radius 1 is 1.20 bits per heavy atom. The van der Waals surface area contributed by atoms with Gasteiger partial charge in [0.15, 0.2) is 0 Å². The Morgan fingerprint density at radius 2 is 1.93 bits per heavy atom. The molecular formula is C9H17NO5. The third-order valence-electron chi connectivity index (χ3n) is 1.44. The van der Waals surface area contributed by atoms with Crippen molar-refractivity contribution in [1.29, 1.82) is 0 Å². The van der Waals surface area contributed by atoms with Crippen LogP contribution in [-0.4, -0.2) is 38.8 Å². The summed E-state index contributed by atoms with van der Waals surface area (Å²) in [4.78, 5) is 26.6. The Kier molecular flexibility index (Phi) is 8.70. The minimum absolute atomic E-state index is 0.0613. The molecule has 0 saturated heterocycles. The lowest BCUT2D eigenvalue weighted by atomic mass is 10.3. The monoisotopic (exact) mass is 219 g/mol. The fraction of sp³-hybridized carbons (Fsp3) is 0.778. The highest BCUT2D eigenvalue weighted by Gasteiger charge is 2.06. The Bertz CT molecular complexity index is 195. The first-order chi connectivity index (χ1) is 7.20. The average molecular weight is 219 g/mol. The van der Waals surface area contributed by atoms with Crippen molar-refractivity contribution in [2.24, 2.45) is 0 Å². The number of hydrogen-bond donors (Lipinski definition) is 1. The van der Waals surface area contributed by atoms with E-state index in [1.807, 2.05) is 0 Å². The van der Waals surface area contributed by atoms with Crippen molar-refractivity contribution in [2.75, 3.05) is 26.9 Å². The molecule has 0 heterocycles. The van der Waals surface area contributed by atoms with Gasteiger partial charge < -0.3 is 9.47 Å². The molecule has 0 bridgehead atoms. The summed E-state index contributed by atoms with van der Waals surface area (Å²) in [6.45, 7) is 2.72. The van der Waals surface area contributed by atoms with Gasteiger partial charge in [0, 0.05) is 13.5 Å². The van der Waals surface area contributed by atoms with Gasteiger partial charge >= 0.3 is 5.97 Å².